The lowest BCUT2D eigenvalue weighted by atomic mass is 10.1. The summed E-state index contributed by atoms with van der Waals surface area (Å²) in [4.78, 5) is 22.2. The first-order chi connectivity index (χ1) is 12.6. The van der Waals surface area contributed by atoms with Crippen molar-refractivity contribution in [2.24, 2.45) is 4.99 Å². The molecule has 1 amide bonds. The van der Waals surface area contributed by atoms with Crippen LogP contribution in [-0.2, 0) is 24.3 Å². The van der Waals surface area contributed by atoms with Crippen molar-refractivity contribution in [2.75, 3.05) is 27.2 Å². The molecule has 0 saturated carbocycles. The summed E-state index contributed by atoms with van der Waals surface area (Å²) in [6.45, 7) is 4.61. The lowest BCUT2D eigenvalue weighted by Gasteiger charge is -2.28. The largest absolute Gasteiger partial charge is 0.347 e. The number of guanidine groups is 1. The highest BCUT2D eigenvalue weighted by atomic mass is 32.1. The third kappa shape index (κ3) is 4.43. The molecule has 0 saturated heterocycles. The molecule has 1 N–H and O–H groups in total. The molecule has 0 radical (unpaired) electrons. The van der Waals surface area contributed by atoms with Gasteiger partial charge in [-0.2, -0.15) is 0 Å². The third-order valence-corrected chi connectivity index (χ3v) is 5.69. The number of hydrogen-bond acceptors (Lipinski definition) is 3. The molecule has 1 aliphatic rings. The summed E-state index contributed by atoms with van der Waals surface area (Å²) in [6.07, 6.45) is 0.959. The summed E-state index contributed by atoms with van der Waals surface area (Å²) in [7, 11) is 3.73. The van der Waals surface area contributed by atoms with Gasteiger partial charge in [-0.15, -0.1) is 11.3 Å². The number of benzene rings is 1. The van der Waals surface area contributed by atoms with Crippen LogP contribution in [0.15, 0.2) is 40.7 Å². The predicted octanol–water partition coefficient (Wildman–Crippen LogP) is 2.65. The van der Waals surface area contributed by atoms with E-state index in [1.54, 1.807) is 18.4 Å². The number of amides is 1. The molecule has 2 aromatic rings. The molecule has 0 aliphatic carbocycles. The Bertz CT molecular complexity index is 781. The highest BCUT2D eigenvalue weighted by Crippen LogP contribution is 2.23. The predicted molar refractivity (Wildman–Crippen MR) is 107 cm³/mol. The first kappa shape index (κ1) is 18.5. The molecule has 0 spiro atoms. The summed E-state index contributed by atoms with van der Waals surface area (Å²) in [5, 5.41) is 5.31. The van der Waals surface area contributed by atoms with Gasteiger partial charge >= 0.3 is 0 Å². The fraction of sp³-hybridized carbons (Fsp3) is 0.400. The van der Waals surface area contributed by atoms with Crippen LogP contribution in [0.5, 0.6) is 0 Å². The van der Waals surface area contributed by atoms with Gasteiger partial charge in [-0.1, -0.05) is 29.8 Å². The van der Waals surface area contributed by atoms with Crippen molar-refractivity contribution in [1.29, 1.82) is 0 Å². The zero-order valence-corrected chi connectivity index (χ0v) is 16.5. The Labute approximate surface area is 159 Å². The molecule has 0 bridgehead atoms. The Hall–Kier alpha value is -2.34. The summed E-state index contributed by atoms with van der Waals surface area (Å²) >= 11 is 1.79. The quantitative estimate of drug-likeness (QED) is 0.665. The number of aliphatic imine (C=N–C) groups is 1. The Balaban J connectivity index is 1.52. The van der Waals surface area contributed by atoms with Gasteiger partial charge in [0.2, 0.25) is 5.91 Å². The van der Waals surface area contributed by atoms with E-state index in [1.165, 1.54) is 21.6 Å². The van der Waals surface area contributed by atoms with Gasteiger partial charge in [-0.3, -0.25) is 9.79 Å². The van der Waals surface area contributed by atoms with Gasteiger partial charge in [0.15, 0.2) is 5.96 Å². The van der Waals surface area contributed by atoms with E-state index < -0.39 is 0 Å². The van der Waals surface area contributed by atoms with E-state index in [4.69, 9.17) is 0 Å². The van der Waals surface area contributed by atoms with Gasteiger partial charge in [0.05, 0.1) is 6.54 Å². The van der Waals surface area contributed by atoms with E-state index in [2.05, 4.69) is 52.9 Å². The number of hydrogen-bond donors (Lipinski definition) is 1. The standard InChI is InChI=1S/C20H26N4OS/c1-15-4-6-16(7-5-15)13-23(3)20(21-2)22-12-19(25)24-10-8-18-17(14-24)9-11-26-18/h4-7,9,11H,8,10,12-14H2,1-3H3,(H,21,22). The van der Waals surface area contributed by atoms with Crippen molar-refractivity contribution in [3.63, 3.8) is 0 Å². The van der Waals surface area contributed by atoms with Crippen molar-refractivity contribution in [3.8, 4) is 0 Å². The Kier molecular flexibility index (Phi) is 5.93. The number of carbonyl (C=O) groups excluding carboxylic acids is 1. The Morgan fingerprint density at radius 3 is 2.81 bits per heavy atom. The molecule has 0 atom stereocenters. The summed E-state index contributed by atoms with van der Waals surface area (Å²) in [5.74, 6) is 0.846. The van der Waals surface area contributed by atoms with Gasteiger partial charge in [0.1, 0.15) is 0 Å². The van der Waals surface area contributed by atoms with E-state index in [0.29, 0.717) is 0 Å². The van der Waals surface area contributed by atoms with Crippen molar-refractivity contribution >= 4 is 23.2 Å². The van der Waals surface area contributed by atoms with Gasteiger partial charge in [0, 0.05) is 38.6 Å². The molecule has 3 rings (SSSR count). The van der Waals surface area contributed by atoms with E-state index in [1.807, 2.05) is 16.8 Å². The van der Waals surface area contributed by atoms with Crippen molar-refractivity contribution in [3.05, 3.63) is 57.3 Å². The van der Waals surface area contributed by atoms with E-state index in [9.17, 15) is 4.79 Å². The molecule has 1 aromatic carbocycles. The molecule has 6 heteroatoms. The van der Waals surface area contributed by atoms with E-state index in [-0.39, 0.29) is 12.5 Å². The van der Waals surface area contributed by atoms with Crippen LogP contribution in [0, 0.1) is 6.92 Å². The zero-order valence-electron chi connectivity index (χ0n) is 15.7. The first-order valence-corrected chi connectivity index (χ1v) is 9.75. The topological polar surface area (TPSA) is 47.9 Å². The van der Waals surface area contributed by atoms with Crippen LogP contribution >= 0.6 is 11.3 Å². The molecule has 26 heavy (non-hydrogen) atoms. The van der Waals surface area contributed by atoms with Gasteiger partial charge < -0.3 is 15.1 Å². The maximum atomic E-state index is 12.6. The second-order valence-corrected chi connectivity index (χ2v) is 7.68. The van der Waals surface area contributed by atoms with Crippen LogP contribution < -0.4 is 5.32 Å². The molecule has 0 unspecified atom stereocenters. The SMILES string of the molecule is CN=C(NCC(=O)N1CCc2sccc2C1)N(C)Cc1ccc(C)cc1. The molecule has 0 fully saturated rings. The average Bonchev–Trinajstić information content (AvgIpc) is 3.11. The Morgan fingerprint density at radius 1 is 1.31 bits per heavy atom. The van der Waals surface area contributed by atoms with Crippen molar-refractivity contribution in [1.82, 2.24) is 15.1 Å². The van der Waals surface area contributed by atoms with Crippen molar-refractivity contribution < 1.29 is 4.79 Å². The zero-order chi connectivity index (χ0) is 18.5. The lowest BCUT2D eigenvalue weighted by Crippen LogP contribution is -2.46. The smallest absolute Gasteiger partial charge is 0.242 e. The number of rotatable bonds is 4. The van der Waals surface area contributed by atoms with Crippen LogP contribution in [0.25, 0.3) is 0 Å². The summed E-state index contributed by atoms with van der Waals surface area (Å²) in [5.41, 5.74) is 3.75. The van der Waals surface area contributed by atoms with Gasteiger partial charge in [-0.05, 0) is 35.9 Å². The number of nitrogens with zero attached hydrogens (tertiary/aromatic N) is 3. The molecule has 5 nitrogen and oxygen atoms in total. The van der Waals surface area contributed by atoms with E-state index >= 15 is 0 Å². The molecule has 138 valence electrons. The van der Waals surface area contributed by atoms with Crippen LogP contribution in [0.4, 0.5) is 0 Å². The molecule has 1 aliphatic heterocycles. The maximum Gasteiger partial charge on any atom is 0.242 e. The number of fused-ring (bicyclic) bond motifs is 1. The lowest BCUT2D eigenvalue weighted by molar-refractivity contribution is -0.130. The molecule has 2 heterocycles. The van der Waals surface area contributed by atoms with Crippen LogP contribution in [0.1, 0.15) is 21.6 Å². The summed E-state index contributed by atoms with van der Waals surface area (Å²) < 4.78 is 0. The first-order valence-electron chi connectivity index (χ1n) is 8.87. The summed E-state index contributed by atoms with van der Waals surface area (Å²) in [6, 6.07) is 10.6. The number of aryl methyl sites for hydroxylation is 1. The van der Waals surface area contributed by atoms with Gasteiger partial charge in [0.25, 0.3) is 0 Å². The van der Waals surface area contributed by atoms with Crippen molar-refractivity contribution in [2.45, 2.75) is 26.4 Å². The van der Waals surface area contributed by atoms with Crippen LogP contribution in [0.2, 0.25) is 0 Å². The molecular formula is C20H26N4OS. The van der Waals surface area contributed by atoms with Gasteiger partial charge in [-0.25, -0.2) is 0 Å². The third-order valence-electron chi connectivity index (χ3n) is 4.67. The Morgan fingerprint density at radius 2 is 2.08 bits per heavy atom. The number of carbonyl (C=O) groups is 1. The fourth-order valence-electron chi connectivity index (χ4n) is 3.15. The highest BCUT2D eigenvalue weighted by Gasteiger charge is 2.21. The second-order valence-electron chi connectivity index (χ2n) is 6.68. The minimum Gasteiger partial charge on any atom is -0.347 e. The number of thiophene rings is 1. The normalized spacial score (nSPS) is 14.1. The van der Waals surface area contributed by atoms with Crippen LogP contribution in [0.3, 0.4) is 0 Å². The van der Waals surface area contributed by atoms with Crippen LogP contribution in [-0.4, -0.2) is 48.9 Å². The average molecular weight is 371 g/mol. The highest BCUT2D eigenvalue weighted by molar-refractivity contribution is 7.10. The molecule has 1 aromatic heterocycles. The second kappa shape index (κ2) is 8.36. The molecular weight excluding hydrogens is 344 g/mol. The van der Waals surface area contributed by atoms with E-state index in [0.717, 1.165) is 32.0 Å². The maximum absolute atomic E-state index is 12.6. The minimum atomic E-state index is 0.117. The fourth-order valence-corrected chi connectivity index (χ4v) is 4.04. The monoisotopic (exact) mass is 370 g/mol. The minimum absolute atomic E-state index is 0.117. The number of nitrogens with one attached hydrogen (secondary N) is 1.